The van der Waals surface area contributed by atoms with Crippen LogP contribution in [0.2, 0.25) is 0 Å². The molecule has 1 aromatic rings. The van der Waals surface area contributed by atoms with E-state index in [4.69, 9.17) is 4.74 Å². The number of hydrogen-bond acceptors (Lipinski definition) is 3. The largest absolute Gasteiger partial charge is 0.379 e. The second-order valence-corrected chi connectivity index (χ2v) is 5.72. The molecule has 2 atom stereocenters. The maximum Gasteiger partial charge on any atom is 0.0623 e. The van der Waals surface area contributed by atoms with E-state index in [-0.39, 0.29) is 0 Å². The molecule has 1 aromatic carbocycles. The van der Waals surface area contributed by atoms with E-state index in [9.17, 15) is 0 Å². The Balaban J connectivity index is 1.64. The SMILES string of the molecule is c1cc(CC2COCCN2)cc(C2CCCNC2)c1. The molecule has 0 bridgehead atoms. The van der Waals surface area contributed by atoms with Gasteiger partial charge in [0.1, 0.15) is 0 Å². The molecule has 19 heavy (non-hydrogen) atoms. The second kappa shape index (κ2) is 6.51. The lowest BCUT2D eigenvalue weighted by Gasteiger charge is -2.25. The molecule has 3 rings (SSSR count). The van der Waals surface area contributed by atoms with Crippen molar-refractivity contribution < 1.29 is 4.74 Å². The standard InChI is InChI=1S/C16H24N2O/c1-3-13(10-16-12-19-8-7-18-16)9-14(4-1)15-5-2-6-17-11-15/h1,3-4,9,15-18H,2,5-8,10-12H2. The minimum atomic E-state index is 0.480. The molecule has 104 valence electrons. The van der Waals surface area contributed by atoms with Gasteiger partial charge in [-0.05, 0) is 42.9 Å². The van der Waals surface area contributed by atoms with E-state index in [2.05, 4.69) is 34.9 Å². The van der Waals surface area contributed by atoms with Gasteiger partial charge in [-0.2, -0.15) is 0 Å². The van der Waals surface area contributed by atoms with Gasteiger partial charge in [0.05, 0.1) is 13.2 Å². The Morgan fingerprint density at radius 1 is 1.26 bits per heavy atom. The first kappa shape index (κ1) is 13.1. The van der Waals surface area contributed by atoms with Gasteiger partial charge in [0, 0.05) is 19.1 Å². The van der Waals surface area contributed by atoms with Crippen molar-refractivity contribution in [3.63, 3.8) is 0 Å². The molecule has 2 aliphatic heterocycles. The third kappa shape index (κ3) is 3.56. The number of piperidine rings is 1. The van der Waals surface area contributed by atoms with Crippen LogP contribution in [0.15, 0.2) is 24.3 Å². The maximum absolute atomic E-state index is 5.53. The summed E-state index contributed by atoms with van der Waals surface area (Å²) in [7, 11) is 0. The van der Waals surface area contributed by atoms with Gasteiger partial charge in [-0.1, -0.05) is 24.3 Å². The van der Waals surface area contributed by atoms with E-state index in [1.165, 1.54) is 30.5 Å². The molecule has 0 amide bonds. The molecule has 0 aromatic heterocycles. The molecule has 0 spiro atoms. The highest BCUT2D eigenvalue weighted by Gasteiger charge is 2.17. The first-order valence-corrected chi connectivity index (χ1v) is 7.52. The van der Waals surface area contributed by atoms with Gasteiger partial charge in [0.15, 0.2) is 0 Å². The maximum atomic E-state index is 5.53. The zero-order chi connectivity index (χ0) is 12.9. The van der Waals surface area contributed by atoms with Gasteiger partial charge in [0.2, 0.25) is 0 Å². The summed E-state index contributed by atoms with van der Waals surface area (Å²) in [6, 6.07) is 9.62. The van der Waals surface area contributed by atoms with Crippen LogP contribution in [0.1, 0.15) is 29.9 Å². The number of hydrogen-bond donors (Lipinski definition) is 2. The monoisotopic (exact) mass is 260 g/mol. The molecular formula is C16H24N2O. The third-order valence-corrected chi connectivity index (χ3v) is 4.20. The third-order valence-electron chi connectivity index (χ3n) is 4.20. The highest BCUT2D eigenvalue weighted by molar-refractivity contribution is 5.27. The van der Waals surface area contributed by atoms with E-state index in [1.54, 1.807) is 0 Å². The van der Waals surface area contributed by atoms with Gasteiger partial charge in [0.25, 0.3) is 0 Å². The predicted molar refractivity (Wildman–Crippen MR) is 77.6 cm³/mol. The Labute approximate surface area is 115 Å². The van der Waals surface area contributed by atoms with Crippen molar-refractivity contribution in [1.82, 2.24) is 10.6 Å². The lowest BCUT2D eigenvalue weighted by atomic mass is 9.90. The summed E-state index contributed by atoms with van der Waals surface area (Å²) in [5, 5.41) is 7.03. The molecule has 3 heteroatoms. The van der Waals surface area contributed by atoms with Crippen LogP contribution in [0.5, 0.6) is 0 Å². The lowest BCUT2D eigenvalue weighted by Crippen LogP contribution is -2.42. The summed E-state index contributed by atoms with van der Waals surface area (Å²) >= 11 is 0. The van der Waals surface area contributed by atoms with Crippen LogP contribution in [0.25, 0.3) is 0 Å². The zero-order valence-electron chi connectivity index (χ0n) is 11.5. The summed E-state index contributed by atoms with van der Waals surface area (Å²) in [5.74, 6) is 0.698. The highest BCUT2D eigenvalue weighted by atomic mass is 16.5. The van der Waals surface area contributed by atoms with Gasteiger partial charge in [-0.3, -0.25) is 0 Å². The normalized spacial score (nSPS) is 28.2. The molecule has 2 saturated heterocycles. The summed E-state index contributed by atoms with van der Waals surface area (Å²) in [6.07, 6.45) is 3.70. The van der Waals surface area contributed by atoms with Crippen LogP contribution in [-0.2, 0) is 11.2 Å². The highest BCUT2D eigenvalue weighted by Crippen LogP contribution is 2.24. The van der Waals surface area contributed by atoms with Crippen molar-refractivity contribution in [2.75, 3.05) is 32.8 Å². The topological polar surface area (TPSA) is 33.3 Å². The van der Waals surface area contributed by atoms with E-state index < -0.39 is 0 Å². The van der Waals surface area contributed by atoms with E-state index >= 15 is 0 Å². The minimum absolute atomic E-state index is 0.480. The summed E-state index contributed by atoms with van der Waals surface area (Å²) in [5.41, 5.74) is 2.94. The lowest BCUT2D eigenvalue weighted by molar-refractivity contribution is 0.0770. The fourth-order valence-electron chi connectivity index (χ4n) is 3.15. The second-order valence-electron chi connectivity index (χ2n) is 5.72. The first-order valence-electron chi connectivity index (χ1n) is 7.52. The number of nitrogens with one attached hydrogen (secondary N) is 2. The molecule has 2 N–H and O–H groups in total. The first-order chi connectivity index (χ1) is 9.42. The van der Waals surface area contributed by atoms with Crippen LogP contribution in [0.3, 0.4) is 0 Å². The van der Waals surface area contributed by atoms with Crippen LogP contribution in [0, 0.1) is 0 Å². The van der Waals surface area contributed by atoms with Crippen LogP contribution >= 0.6 is 0 Å². The van der Waals surface area contributed by atoms with Crippen LogP contribution in [0.4, 0.5) is 0 Å². The van der Waals surface area contributed by atoms with E-state index in [0.717, 1.165) is 32.7 Å². The van der Waals surface area contributed by atoms with Gasteiger partial charge in [-0.25, -0.2) is 0 Å². The van der Waals surface area contributed by atoms with Crippen molar-refractivity contribution >= 4 is 0 Å². The van der Waals surface area contributed by atoms with Gasteiger partial charge < -0.3 is 15.4 Å². The van der Waals surface area contributed by atoms with Crippen molar-refractivity contribution in [3.8, 4) is 0 Å². The fourth-order valence-corrected chi connectivity index (χ4v) is 3.15. The van der Waals surface area contributed by atoms with Gasteiger partial charge >= 0.3 is 0 Å². The molecule has 2 heterocycles. The molecule has 3 nitrogen and oxygen atoms in total. The molecule has 0 aliphatic carbocycles. The Kier molecular flexibility index (Phi) is 4.49. The Hall–Kier alpha value is -0.900. The molecule has 2 unspecified atom stereocenters. The zero-order valence-corrected chi connectivity index (χ0v) is 11.5. The van der Waals surface area contributed by atoms with E-state index in [0.29, 0.717) is 12.0 Å². The number of rotatable bonds is 3. The van der Waals surface area contributed by atoms with Crippen molar-refractivity contribution in [2.45, 2.75) is 31.2 Å². The van der Waals surface area contributed by atoms with E-state index in [1.807, 2.05) is 0 Å². The Morgan fingerprint density at radius 3 is 3.05 bits per heavy atom. The minimum Gasteiger partial charge on any atom is -0.379 e. The number of benzene rings is 1. The van der Waals surface area contributed by atoms with Crippen molar-refractivity contribution in [2.24, 2.45) is 0 Å². The molecule has 2 fully saturated rings. The summed E-state index contributed by atoms with van der Waals surface area (Å²) in [6.45, 7) is 4.99. The van der Waals surface area contributed by atoms with Crippen LogP contribution < -0.4 is 10.6 Å². The quantitative estimate of drug-likeness (QED) is 0.867. The number of morpholine rings is 1. The van der Waals surface area contributed by atoms with Gasteiger partial charge in [-0.15, -0.1) is 0 Å². The van der Waals surface area contributed by atoms with Crippen molar-refractivity contribution in [1.29, 1.82) is 0 Å². The Bertz CT molecular complexity index is 395. The molecular weight excluding hydrogens is 236 g/mol. The number of ether oxygens (including phenoxy) is 1. The van der Waals surface area contributed by atoms with Crippen LogP contribution in [-0.4, -0.2) is 38.9 Å². The molecule has 0 saturated carbocycles. The summed E-state index contributed by atoms with van der Waals surface area (Å²) < 4.78 is 5.53. The average molecular weight is 260 g/mol. The fraction of sp³-hybridized carbons (Fsp3) is 0.625. The predicted octanol–water partition coefficient (Wildman–Crippen LogP) is 1.68. The smallest absolute Gasteiger partial charge is 0.0623 e. The van der Waals surface area contributed by atoms with Crippen molar-refractivity contribution in [3.05, 3.63) is 35.4 Å². The Morgan fingerprint density at radius 2 is 2.26 bits per heavy atom. The molecule has 0 radical (unpaired) electrons. The summed E-state index contributed by atoms with van der Waals surface area (Å²) in [4.78, 5) is 0. The molecule has 2 aliphatic rings. The average Bonchev–Trinajstić information content (AvgIpc) is 2.49.